The van der Waals surface area contributed by atoms with E-state index in [2.05, 4.69) is 36.3 Å². The summed E-state index contributed by atoms with van der Waals surface area (Å²) in [5, 5.41) is 0. The monoisotopic (exact) mass is 270 g/mol. The second-order valence-corrected chi connectivity index (χ2v) is 4.31. The molecule has 0 aliphatic heterocycles. The molecule has 0 aliphatic carbocycles. The van der Waals surface area contributed by atoms with Gasteiger partial charge in [-0.15, -0.1) is 0 Å². The molecule has 0 aromatic rings. The molecule has 2 heteroatoms. The minimum absolute atomic E-state index is 0.303. The molecule has 0 aromatic heterocycles. The lowest BCUT2D eigenvalue weighted by atomic mass is 10.1. The van der Waals surface area contributed by atoms with Crippen LogP contribution in [-0.4, -0.2) is 12.1 Å². The quantitative estimate of drug-likeness (QED) is 0.152. The first-order valence-electron chi connectivity index (χ1n) is 7.05. The molecule has 0 unspecified atom stereocenters. The Morgan fingerprint density at radius 2 is 1.65 bits per heavy atom. The highest BCUT2D eigenvalue weighted by Crippen LogP contribution is 2.06. The Labute approximate surface area is 122 Å². The number of allylic oxidation sites excluding steroid dienone is 3. The summed E-state index contributed by atoms with van der Waals surface area (Å²) in [5.74, 6) is 10.0. The van der Waals surface area contributed by atoms with Gasteiger partial charge in [-0.1, -0.05) is 43.9 Å². The molecule has 0 aromatic carbocycles. The second-order valence-electron chi connectivity index (χ2n) is 4.31. The van der Waals surface area contributed by atoms with Crippen molar-refractivity contribution in [2.75, 3.05) is 0 Å². The van der Waals surface area contributed by atoms with Crippen molar-refractivity contribution in [3.63, 3.8) is 0 Å². The SMILES string of the molecule is C=CC(=O)C#CC#CCC=CCCCCCCCC=O. The molecule has 0 saturated heterocycles. The van der Waals surface area contributed by atoms with Gasteiger partial charge in [0.25, 0.3) is 0 Å². The van der Waals surface area contributed by atoms with Crippen LogP contribution in [0.2, 0.25) is 0 Å². The van der Waals surface area contributed by atoms with Crippen molar-refractivity contribution in [3.8, 4) is 23.7 Å². The first kappa shape index (κ1) is 17.9. The van der Waals surface area contributed by atoms with Gasteiger partial charge >= 0.3 is 0 Å². The molecule has 0 heterocycles. The molecule has 0 fully saturated rings. The van der Waals surface area contributed by atoms with Gasteiger partial charge in [0, 0.05) is 12.8 Å². The molecule has 0 radical (unpaired) electrons. The zero-order chi connectivity index (χ0) is 14.9. The highest BCUT2D eigenvalue weighted by atomic mass is 16.1. The number of carbonyl (C=O) groups excluding carboxylic acids is 2. The Bertz CT molecular complexity index is 436. The summed E-state index contributed by atoms with van der Waals surface area (Å²) in [6.45, 7) is 3.32. The highest BCUT2D eigenvalue weighted by molar-refractivity contribution is 6.04. The fraction of sp³-hybridized carbons (Fsp3) is 0.444. The largest absolute Gasteiger partial charge is 0.303 e. The van der Waals surface area contributed by atoms with Gasteiger partial charge in [0.2, 0.25) is 5.78 Å². The minimum atomic E-state index is -0.303. The van der Waals surface area contributed by atoms with Crippen LogP contribution in [-0.2, 0) is 9.59 Å². The number of hydrogen-bond acceptors (Lipinski definition) is 2. The van der Waals surface area contributed by atoms with E-state index in [0.717, 1.165) is 25.5 Å². The van der Waals surface area contributed by atoms with Crippen LogP contribution < -0.4 is 0 Å². The lowest BCUT2D eigenvalue weighted by molar-refractivity contribution is -0.109. The van der Waals surface area contributed by atoms with Crippen LogP contribution in [0, 0.1) is 23.7 Å². The average molecular weight is 270 g/mol. The van der Waals surface area contributed by atoms with Crippen molar-refractivity contribution in [2.45, 2.75) is 51.4 Å². The highest BCUT2D eigenvalue weighted by Gasteiger charge is 1.89. The lowest BCUT2D eigenvalue weighted by Gasteiger charge is -1.96. The number of hydrogen-bond donors (Lipinski definition) is 0. The molecule has 0 N–H and O–H groups in total. The number of rotatable bonds is 10. The van der Waals surface area contributed by atoms with Crippen LogP contribution in [0.15, 0.2) is 24.8 Å². The number of unbranched alkanes of at least 4 members (excludes halogenated alkanes) is 6. The Balaban J connectivity index is 3.46. The van der Waals surface area contributed by atoms with Gasteiger partial charge < -0.3 is 4.79 Å². The van der Waals surface area contributed by atoms with E-state index in [1.54, 1.807) is 0 Å². The Kier molecular flexibility index (Phi) is 13.5. The van der Waals surface area contributed by atoms with Gasteiger partial charge in [-0.05, 0) is 43.1 Å². The molecule has 0 rings (SSSR count). The van der Waals surface area contributed by atoms with Gasteiger partial charge in [-0.3, -0.25) is 4.79 Å². The van der Waals surface area contributed by atoms with Crippen LogP contribution in [0.5, 0.6) is 0 Å². The molecule has 0 aliphatic rings. The first-order chi connectivity index (χ1) is 9.81. The van der Waals surface area contributed by atoms with Gasteiger partial charge in [0.05, 0.1) is 0 Å². The lowest BCUT2D eigenvalue weighted by Crippen LogP contribution is -1.82. The van der Waals surface area contributed by atoms with E-state index in [1.807, 2.05) is 6.08 Å². The van der Waals surface area contributed by atoms with Crippen LogP contribution >= 0.6 is 0 Å². The van der Waals surface area contributed by atoms with E-state index in [-0.39, 0.29) is 5.78 Å². The fourth-order valence-electron chi connectivity index (χ4n) is 1.52. The topological polar surface area (TPSA) is 34.1 Å². The zero-order valence-electron chi connectivity index (χ0n) is 12.0. The van der Waals surface area contributed by atoms with E-state index in [1.165, 1.54) is 25.3 Å². The maximum atomic E-state index is 10.7. The summed E-state index contributed by atoms with van der Waals surface area (Å²) in [6, 6.07) is 0. The normalized spacial score (nSPS) is 9.20. The van der Waals surface area contributed by atoms with E-state index in [9.17, 15) is 9.59 Å². The molecular weight excluding hydrogens is 248 g/mol. The smallest absolute Gasteiger partial charge is 0.229 e. The molecule has 0 bridgehead atoms. The van der Waals surface area contributed by atoms with Crippen LogP contribution in [0.4, 0.5) is 0 Å². The maximum absolute atomic E-state index is 10.7. The van der Waals surface area contributed by atoms with Crippen LogP contribution in [0.3, 0.4) is 0 Å². The van der Waals surface area contributed by atoms with E-state index >= 15 is 0 Å². The fourth-order valence-corrected chi connectivity index (χ4v) is 1.52. The minimum Gasteiger partial charge on any atom is -0.303 e. The van der Waals surface area contributed by atoms with Crippen molar-refractivity contribution < 1.29 is 9.59 Å². The molecule has 106 valence electrons. The molecule has 20 heavy (non-hydrogen) atoms. The molecule has 2 nitrogen and oxygen atoms in total. The van der Waals surface area contributed by atoms with Crippen molar-refractivity contribution in [1.82, 2.24) is 0 Å². The van der Waals surface area contributed by atoms with Crippen LogP contribution in [0.25, 0.3) is 0 Å². The average Bonchev–Trinajstić information content (AvgIpc) is 2.47. The van der Waals surface area contributed by atoms with Crippen molar-refractivity contribution >= 4 is 12.1 Å². The van der Waals surface area contributed by atoms with Gasteiger partial charge in [0.1, 0.15) is 6.29 Å². The Hall–Kier alpha value is -2.06. The number of carbonyl (C=O) groups is 2. The van der Waals surface area contributed by atoms with Crippen molar-refractivity contribution in [2.24, 2.45) is 0 Å². The van der Waals surface area contributed by atoms with Crippen LogP contribution in [0.1, 0.15) is 51.4 Å². The van der Waals surface area contributed by atoms with E-state index in [0.29, 0.717) is 12.8 Å². The molecule has 0 spiro atoms. The van der Waals surface area contributed by atoms with E-state index in [4.69, 9.17) is 0 Å². The third kappa shape index (κ3) is 14.0. The maximum Gasteiger partial charge on any atom is 0.229 e. The Morgan fingerprint density at radius 3 is 2.35 bits per heavy atom. The predicted molar refractivity (Wildman–Crippen MR) is 82.9 cm³/mol. The summed E-state index contributed by atoms with van der Waals surface area (Å²) in [5.41, 5.74) is 0. The van der Waals surface area contributed by atoms with Gasteiger partial charge in [0.15, 0.2) is 0 Å². The third-order valence-corrected chi connectivity index (χ3v) is 2.60. The summed E-state index contributed by atoms with van der Waals surface area (Å²) >= 11 is 0. The van der Waals surface area contributed by atoms with Gasteiger partial charge in [-0.2, -0.15) is 0 Å². The number of aldehydes is 1. The predicted octanol–water partition coefficient (Wildman–Crippen LogP) is 3.62. The Morgan fingerprint density at radius 1 is 0.950 bits per heavy atom. The summed E-state index contributed by atoms with van der Waals surface area (Å²) in [6.07, 6.45) is 14.5. The molecule has 0 amide bonds. The van der Waals surface area contributed by atoms with Crippen molar-refractivity contribution in [1.29, 1.82) is 0 Å². The standard InChI is InChI=1S/C18H22O2/c1-2-18(20)16-14-12-10-8-6-4-3-5-7-9-11-13-15-17-19/h2,4,6,17H,1,3,5,7-9,11,13,15H2. The third-order valence-electron chi connectivity index (χ3n) is 2.60. The number of ketones is 1. The molecular formula is C18H22O2. The van der Waals surface area contributed by atoms with E-state index < -0.39 is 0 Å². The molecule has 0 saturated carbocycles. The zero-order valence-corrected chi connectivity index (χ0v) is 12.0. The second kappa shape index (κ2) is 15.0. The summed E-state index contributed by atoms with van der Waals surface area (Å²) in [7, 11) is 0. The summed E-state index contributed by atoms with van der Waals surface area (Å²) < 4.78 is 0. The first-order valence-corrected chi connectivity index (χ1v) is 7.05. The molecule has 0 atom stereocenters. The summed E-state index contributed by atoms with van der Waals surface area (Å²) in [4.78, 5) is 20.8. The van der Waals surface area contributed by atoms with Gasteiger partial charge in [-0.25, -0.2) is 0 Å². The van der Waals surface area contributed by atoms with Crippen molar-refractivity contribution in [3.05, 3.63) is 24.8 Å².